The Kier molecular flexibility index (Phi) is 4.30. The summed E-state index contributed by atoms with van der Waals surface area (Å²) in [6.45, 7) is 0. The molecule has 0 saturated carbocycles. The number of aromatic nitrogens is 2. The summed E-state index contributed by atoms with van der Waals surface area (Å²) >= 11 is 0. The van der Waals surface area contributed by atoms with E-state index in [1.807, 2.05) is 25.2 Å². The van der Waals surface area contributed by atoms with Crippen LogP contribution in [-0.2, 0) is 0 Å². The van der Waals surface area contributed by atoms with Crippen LogP contribution >= 0.6 is 0 Å². The van der Waals surface area contributed by atoms with E-state index in [4.69, 9.17) is 9.47 Å². The van der Waals surface area contributed by atoms with Crippen LogP contribution < -0.4 is 14.8 Å². The topological polar surface area (TPSA) is 56.3 Å². The average molecular weight is 259 g/mol. The van der Waals surface area contributed by atoms with Crippen LogP contribution in [0.2, 0.25) is 0 Å². The molecule has 5 nitrogen and oxygen atoms in total. The van der Waals surface area contributed by atoms with Crippen molar-refractivity contribution < 1.29 is 9.47 Å². The number of para-hydroxylation sites is 1. The first-order valence-electron chi connectivity index (χ1n) is 5.95. The van der Waals surface area contributed by atoms with Crippen LogP contribution in [0.1, 0.15) is 17.3 Å². The van der Waals surface area contributed by atoms with E-state index in [1.165, 1.54) is 0 Å². The van der Waals surface area contributed by atoms with Crippen molar-refractivity contribution >= 4 is 0 Å². The molecule has 0 fully saturated rings. The van der Waals surface area contributed by atoms with E-state index in [9.17, 15) is 0 Å². The standard InChI is InChI=1S/C14H17N3O2/c1-15-13(11-9-16-7-8-17-11)10-5-4-6-12(18-2)14(10)19-3/h4-9,13,15H,1-3H3. The lowest BCUT2D eigenvalue weighted by Gasteiger charge is -2.20. The van der Waals surface area contributed by atoms with Gasteiger partial charge in [0.2, 0.25) is 0 Å². The highest BCUT2D eigenvalue weighted by molar-refractivity contribution is 5.49. The van der Waals surface area contributed by atoms with Gasteiger partial charge in [-0.3, -0.25) is 9.97 Å². The van der Waals surface area contributed by atoms with Gasteiger partial charge in [0, 0.05) is 18.0 Å². The zero-order valence-electron chi connectivity index (χ0n) is 11.3. The molecule has 0 bridgehead atoms. The molecule has 0 saturated heterocycles. The molecule has 0 amide bonds. The van der Waals surface area contributed by atoms with Crippen LogP contribution in [-0.4, -0.2) is 31.2 Å². The molecule has 1 aromatic heterocycles. The molecule has 1 unspecified atom stereocenters. The first kappa shape index (κ1) is 13.3. The summed E-state index contributed by atoms with van der Waals surface area (Å²) < 4.78 is 10.8. The van der Waals surface area contributed by atoms with Gasteiger partial charge < -0.3 is 14.8 Å². The number of benzene rings is 1. The summed E-state index contributed by atoms with van der Waals surface area (Å²) in [6.07, 6.45) is 5.06. The van der Waals surface area contributed by atoms with Crippen LogP contribution in [0.25, 0.3) is 0 Å². The molecule has 2 aromatic rings. The number of ether oxygens (including phenoxy) is 2. The van der Waals surface area contributed by atoms with Crippen molar-refractivity contribution in [1.29, 1.82) is 0 Å². The highest BCUT2D eigenvalue weighted by Crippen LogP contribution is 2.36. The lowest BCUT2D eigenvalue weighted by molar-refractivity contribution is 0.349. The number of nitrogens with zero attached hydrogens (tertiary/aromatic N) is 2. The molecule has 100 valence electrons. The molecule has 1 heterocycles. The van der Waals surface area contributed by atoms with E-state index in [-0.39, 0.29) is 6.04 Å². The highest BCUT2D eigenvalue weighted by Gasteiger charge is 2.20. The van der Waals surface area contributed by atoms with E-state index in [0.29, 0.717) is 11.5 Å². The maximum Gasteiger partial charge on any atom is 0.165 e. The first-order chi connectivity index (χ1) is 9.31. The lowest BCUT2D eigenvalue weighted by Crippen LogP contribution is -2.20. The molecule has 0 aliphatic rings. The zero-order chi connectivity index (χ0) is 13.7. The molecule has 1 atom stereocenters. The molecule has 1 N–H and O–H groups in total. The van der Waals surface area contributed by atoms with Gasteiger partial charge in [0.05, 0.1) is 32.2 Å². The van der Waals surface area contributed by atoms with Gasteiger partial charge in [0.25, 0.3) is 0 Å². The Labute approximate surface area is 112 Å². The number of rotatable bonds is 5. The quantitative estimate of drug-likeness (QED) is 0.887. The van der Waals surface area contributed by atoms with E-state index >= 15 is 0 Å². The second kappa shape index (κ2) is 6.15. The van der Waals surface area contributed by atoms with Crippen molar-refractivity contribution in [2.75, 3.05) is 21.3 Å². The minimum atomic E-state index is -0.0984. The first-order valence-corrected chi connectivity index (χ1v) is 5.95. The second-order valence-corrected chi connectivity index (χ2v) is 3.93. The summed E-state index contributed by atoms with van der Waals surface area (Å²) in [6, 6.07) is 5.68. The van der Waals surface area contributed by atoms with E-state index in [0.717, 1.165) is 11.3 Å². The third-order valence-corrected chi connectivity index (χ3v) is 2.91. The molecular weight excluding hydrogens is 242 g/mol. The van der Waals surface area contributed by atoms with E-state index < -0.39 is 0 Å². The Morgan fingerprint density at radius 1 is 1.16 bits per heavy atom. The molecule has 1 aromatic carbocycles. The van der Waals surface area contributed by atoms with Gasteiger partial charge in [-0.1, -0.05) is 12.1 Å². The summed E-state index contributed by atoms with van der Waals surface area (Å²) in [5.74, 6) is 1.40. The van der Waals surface area contributed by atoms with Crippen molar-refractivity contribution in [3.05, 3.63) is 48.0 Å². The van der Waals surface area contributed by atoms with Gasteiger partial charge in [-0.05, 0) is 13.1 Å². The molecule has 0 spiro atoms. The van der Waals surface area contributed by atoms with Crippen molar-refractivity contribution in [3.63, 3.8) is 0 Å². The Bertz CT molecular complexity index is 531. The maximum absolute atomic E-state index is 5.46. The predicted octanol–water partition coefficient (Wildman–Crippen LogP) is 1.80. The van der Waals surface area contributed by atoms with Gasteiger partial charge in [-0.25, -0.2) is 0 Å². The van der Waals surface area contributed by atoms with Crippen LogP contribution in [0.15, 0.2) is 36.8 Å². The van der Waals surface area contributed by atoms with Crippen molar-refractivity contribution in [1.82, 2.24) is 15.3 Å². The van der Waals surface area contributed by atoms with Gasteiger partial charge in [0.15, 0.2) is 11.5 Å². The fraction of sp³-hybridized carbons (Fsp3) is 0.286. The van der Waals surface area contributed by atoms with E-state index in [2.05, 4.69) is 15.3 Å². The monoisotopic (exact) mass is 259 g/mol. The Morgan fingerprint density at radius 3 is 2.58 bits per heavy atom. The fourth-order valence-corrected chi connectivity index (χ4v) is 2.06. The summed E-state index contributed by atoms with van der Waals surface area (Å²) in [5, 5.41) is 3.22. The third-order valence-electron chi connectivity index (χ3n) is 2.91. The van der Waals surface area contributed by atoms with Crippen LogP contribution in [0.5, 0.6) is 11.5 Å². The average Bonchev–Trinajstić information content (AvgIpc) is 2.48. The number of hydrogen-bond acceptors (Lipinski definition) is 5. The SMILES string of the molecule is CNC(c1cnccn1)c1cccc(OC)c1OC. The van der Waals surface area contributed by atoms with E-state index in [1.54, 1.807) is 32.8 Å². The smallest absolute Gasteiger partial charge is 0.165 e. The second-order valence-electron chi connectivity index (χ2n) is 3.93. The molecule has 2 rings (SSSR count). The minimum Gasteiger partial charge on any atom is -0.493 e. The summed E-state index contributed by atoms with van der Waals surface area (Å²) in [5.41, 5.74) is 1.79. The number of hydrogen-bond donors (Lipinski definition) is 1. The van der Waals surface area contributed by atoms with Gasteiger partial charge in [-0.2, -0.15) is 0 Å². The third kappa shape index (κ3) is 2.66. The molecule has 0 radical (unpaired) electrons. The molecule has 0 aliphatic heterocycles. The zero-order valence-corrected chi connectivity index (χ0v) is 11.3. The largest absolute Gasteiger partial charge is 0.493 e. The van der Waals surface area contributed by atoms with Gasteiger partial charge >= 0.3 is 0 Å². The highest BCUT2D eigenvalue weighted by atomic mass is 16.5. The van der Waals surface area contributed by atoms with Crippen LogP contribution in [0.3, 0.4) is 0 Å². The minimum absolute atomic E-state index is 0.0984. The molecule has 19 heavy (non-hydrogen) atoms. The van der Waals surface area contributed by atoms with Gasteiger partial charge in [0.1, 0.15) is 0 Å². The molecule has 5 heteroatoms. The fourth-order valence-electron chi connectivity index (χ4n) is 2.06. The van der Waals surface area contributed by atoms with Crippen LogP contribution in [0.4, 0.5) is 0 Å². The summed E-state index contributed by atoms with van der Waals surface area (Å²) in [7, 11) is 5.13. The maximum atomic E-state index is 5.46. The predicted molar refractivity (Wildman–Crippen MR) is 72.5 cm³/mol. The summed E-state index contributed by atoms with van der Waals surface area (Å²) in [4.78, 5) is 8.44. The molecule has 0 aliphatic carbocycles. The van der Waals surface area contributed by atoms with Crippen molar-refractivity contribution in [2.45, 2.75) is 6.04 Å². The number of nitrogens with one attached hydrogen (secondary N) is 1. The van der Waals surface area contributed by atoms with Gasteiger partial charge in [-0.15, -0.1) is 0 Å². The van der Waals surface area contributed by atoms with Crippen molar-refractivity contribution in [2.24, 2.45) is 0 Å². The molecular formula is C14H17N3O2. The Hall–Kier alpha value is -2.14. The number of methoxy groups -OCH3 is 2. The Balaban J connectivity index is 2.50. The Morgan fingerprint density at radius 2 is 2.00 bits per heavy atom. The van der Waals surface area contributed by atoms with Crippen molar-refractivity contribution in [3.8, 4) is 11.5 Å². The van der Waals surface area contributed by atoms with Crippen LogP contribution in [0, 0.1) is 0 Å². The lowest BCUT2D eigenvalue weighted by atomic mass is 10.0. The normalized spacial score (nSPS) is 11.9.